The summed E-state index contributed by atoms with van der Waals surface area (Å²) in [6.07, 6.45) is 3.55. The second-order valence-corrected chi connectivity index (χ2v) is 6.46. The Kier molecular flexibility index (Phi) is 4.24. The average molecular weight is 307 g/mol. The van der Waals surface area contributed by atoms with E-state index in [1.807, 2.05) is 30.2 Å². The van der Waals surface area contributed by atoms with E-state index in [4.69, 9.17) is 9.47 Å². The highest BCUT2D eigenvalue weighted by molar-refractivity contribution is 7.98. The summed E-state index contributed by atoms with van der Waals surface area (Å²) in [6, 6.07) is 6.07. The minimum Gasteiger partial charge on any atom is -0.347 e. The van der Waals surface area contributed by atoms with Gasteiger partial charge in [0.05, 0.1) is 13.2 Å². The van der Waals surface area contributed by atoms with Gasteiger partial charge in [-0.1, -0.05) is 6.07 Å². The number of ether oxygens (including phenoxy) is 2. The van der Waals surface area contributed by atoms with Crippen LogP contribution in [0.25, 0.3) is 0 Å². The molecule has 0 bridgehead atoms. The van der Waals surface area contributed by atoms with Crippen LogP contribution in [0.3, 0.4) is 0 Å². The maximum Gasteiger partial charge on any atom is 0.254 e. The Hall–Kier alpha value is -1.04. The van der Waals surface area contributed by atoms with Crippen LogP contribution in [-0.2, 0) is 9.47 Å². The fourth-order valence-electron chi connectivity index (χ4n) is 2.97. The lowest BCUT2D eigenvalue weighted by Gasteiger charge is -2.37. The summed E-state index contributed by atoms with van der Waals surface area (Å²) < 4.78 is 11.4. The highest BCUT2D eigenvalue weighted by Gasteiger charge is 2.40. The Morgan fingerprint density at radius 1 is 1.24 bits per heavy atom. The minimum absolute atomic E-state index is 0.122. The lowest BCUT2D eigenvalue weighted by atomic mass is 10.0. The number of carbonyl (C=O) groups excluding carboxylic acids is 1. The molecule has 0 aromatic heterocycles. The van der Waals surface area contributed by atoms with Gasteiger partial charge < -0.3 is 14.4 Å². The molecule has 1 aromatic rings. The molecule has 5 heteroatoms. The van der Waals surface area contributed by atoms with E-state index >= 15 is 0 Å². The number of likely N-dealkylation sites (tertiary alicyclic amines) is 1. The third kappa shape index (κ3) is 2.96. The molecule has 3 rings (SSSR count). The molecule has 2 aliphatic rings. The van der Waals surface area contributed by atoms with Crippen molar-refractivity contribution in [2.24, 2.45) is 0 Å². The van der Waals surface area contributed by atoms with Crippen molar-refractivity contribution in [3.8, 4) is 0 Å². The lowest BCUT2D eigenvalue weighted by molar-refractivity contribution is -0.181. The number of piperidine rings is 1. The average Bonchev–Trinajstić information content (AvgIpc) is 2.96. The summed E-state index contributed by atoms with van der Waals surface area (Å²) in [5.74, 6) is -0.302. The van der Waals surface area contributed by atoms with Crippen LogP contribution in [0.15, 0.2) is 23.1 Å². The van der Waals surface area contributed by atoms with Crippen LogP contribution < -0.4 is 0 Å². The fourth-order valence-corrected chi connectivity index (χ4v) is 3.40. The van der Waals surface area contributed by atoms with Gasteiger partial charge in [0.15, 0.2) is 5.79 Å². The first-order valence-corrected chi connectivity index (χ1v) is 8.58. The maximum atomic E-state index is 12.7. The van der Waals surface area contributed by atoms with E-state index < -0.39 is 5.79 Å². The van der Waals surface area contributed by atoms with Gasteiger partial charge in [0, 0.05) is 36.4 Å². The van der Waals surface area contributed by atoms with Gasteiger partial charge in [0.1, 0.15) is 0 Å². The molecule has 1 amide bonds. The van der Waals surface area contributed by atoms with Gasteiger partial charge >= 0.3 is 0 Å². The standard InChI is InChI=1S/C16H21NO3S/c1-12-3-4-13(21-2)11-14(12)15(18)17-7-5-16(6-8-17)19-9-10-20-16/h3-4,11H,5-10H2,1-2H3. The third-order valence-corrected chi connectivity index (χ3v) is 5.03. The third-order valence-electron chi connectivity index (χ3n) is 4.30. The molecule has 0 saturated carbocycles. The summed E-state index contributed by atoms with van der Waals surface area (Å²) in [5, 5.41) is 0. The van der Waals surface area contributed by atoms with E-state index in [9.17, 15) is 4.79 Å². The molecule has 4 nitrogen and oxygen atoms in total. The Balaban J connectivity index is 1.72. The molecule has 0 atom stereocenters. The number of carbonyl (C=O) groups is 1. The predicted molar refractivity (Wildman–Crippen MR) is 82.7 cm³/mol. The van der Waals surface area contributed by atoms with Gasteiger partial charge in [-0.05, 0) is 30.9 Å². The van der Waals surface area contributed by atoms with Crippen molar-refractivity contribution in [3.63, 3.8) is 0 Å². The molecule has 2 aliphatic heterocycles. The molecule has 2 saturated heterocycles. The van der Waals surface area contributed by atoms with Crippen LogP contribution in [0.2, 0.25) is 0 Å². The molecule has 0 aliphatic carbocycles. The number of hydrogen-bond acceptors (Lipinski definition) is 4. The quantitative estimate of drug-likeness (QED) is 0.788. The molecular formula is C16H21NO3S. The first-order valence-electron chi connectivity index (χ1n) is 7.35. The van der Waals surface area contributed by atoms with E-state index in [-0.39, 0.29) is 5.91 Å². The molecule has 2 fully saturated rings. The Morgan fingerprint density at radius 3 is 2.52 bits per heavy atom. The molecule has 0 N–H and O–H groups in total. The van der Waals surface area contributed by atoms with Gasteiger partial charge in [-0.3, -0.25) is 4.79 Å². The minimum atomic E-state index is -0.424. The fraction of sp³-hybridized carbons (Fsp3) is 0.562. The van der Waals surface area contributed by atoms with Crippen molar-refractivity contribution in [1.29, 1.82) is 0 Å². The number of aryl methyl sites for hydroxylation is 1. The van der Waals surface area contributed by atoms with E-state index in [1.54, 1.807) is 11.8 Å². The largest absolute Gasteiger partial charge is 0.347 e. The molecule has 1 spiro atoms. The maximum absolute atomic E-state index is 12.7. The van der Waals surface area contributed by atoms with Crippen LogP contribution in [-0.4, -0.2) is 49.2 Å². The summed E-state index contributed by atoms with van der Waals surface area (Å²) in [4.78, 5) is 15.8. The molecule has 0 radical (unpaired) electrons. The second kappa shape index (κ2) is 5.99. The smallest absolute Gasteiger partial charge is 0.254 e. The summed E-state index contributed by atoms with van der Waals surface area (Å²) in [6.45, 7) is 4.72. The number of nitrogens with zero attached hydrogens (tertiary/aromatic N) is 1. The Labute approximate surface area is 129 Å². The van der Waals surface area contributed by atoms with Gasteiger partial charge in [0.25, 0.3) is 5.91 Å². The zero-order valence-electron chi connectivity index (χ0n) is 12.6. The van der Waals surface area contributed by atoms with Crippen molar-refractivity contribution in [2.75, 3.05) is 32.6 Å². The van der Waals surface area contributed by atoms with E-state index in [0.29, 0.717) is 26.3 Å². The van der Waals surface area contributed by atoms with Crippen molar-refractivity contribution < 1.29 is 14.3 Å². The van der Waals surface area contributed by atoms with Crippen molar-refractivity contribution in [1.82, 2.24) is 4.90 Å². The monoisotopic (exact) mass is 307 g/mol. The first kappa shape index (κ1) is 14.9. The van der Waals surface area contributed by atoms with Crippen LogP contribution in [0, 0.1) is 6.92 Å². The molecule has 114 valence electrons. The molecule has 21 heavy (non-hydrogen) atoms. The van der Waals surface area contributed by atoms with Crippen LogP contribution in [0.5, 0.6) is 0 Å². The number of amides is 1. The van der Waals surface area contributed by atoms with Crippen molar-refractivity contribution in [3.05, 3.63) is 29.3 Å². The van der Waals surface area contributed by atoms with Gasteiger partial charge in [0.2, 0.25) is 0 Å². The first-order chi connectivity index (χ1) is 10.1. The normalized spacial score (nSPS) is 21.0. The van der Waals surface area contributed by atoms with E-state index in [1.165, 1.54) is 0 Å². The summed E-state index contributed by atoms with van der Waals surface area (Å²) in [5.41, 5.74) is 1.84. The number of benzene rings is 1. The van der Waals surface area contributed by atoms with Crippen LogP contribution in [0.1, 0.15) is 28.8 Å². The molecular weight excluding hydrogens is 286 g/mol. The van der Waals surface area contributed by atoms with Crippen molar-refractivity contribution in [2.45, 2.75) is 30.4 Å². The Morgan fingerprint density at radius 2 is 1.90 bits per heavy atom. The predicted octanol–water partition coefficient (Wildman–Crippen LogP) is 2.70. The zero-order valence-corrected chi connectivity index (χ0v) is 13.4. The highest BCUT2D eigenvalue weighted by Crippen LogP contribution is 2.32. The zero-order chi connectivity index (χ0) is 14.9. The SMILES string of the molecule is CSc1ccc(C)c(C(=O)N2CCC3(CC2)OCCO3)c1. The van der Waals surface area contributed by atoms with Crippen LogP contribution >= 0.6 is 11.8 Å². The van der Waals surface area contributed by atoms with Gasteiger partial charge in [-0.15, -0.1) is 11.8 Å². The molecule has 1 aromatic carbocycles. The molecule has 2 heterocycles. The summed E-state index contributed by atoms with van der Waals surface area (Å²) in [7, 11) is 0. The number of thioether (sulfide) groups is 1. The highest BCUT2D eigenvalue weighted by atomic mass is 32.2. The number of hydrogen-bond donors (Lipinski definition) is 0. The van der Waals surface area contributed by atoms with Gasteiger partial charge in [-0.25, -0.2) is 0 Å². The van der Waals surface area contributed by atoms with Crippen molar-refractivity contribution >= 4 is 17.7 Å². The number of rotatable bonds is 2. The van der Waals surface area contributed by atoms with Gasteiger partial charge in [-0.2, -0.15) is 0 Å². The molecule has 0 unspecified atom stereocenters. The van der Waals surface area contributed by atoms with E-state index in [0.717, 1.165) is 28.9 Å². The van der Waals surface area contributed by atoms with E-state index in [2.05, 4.69) is 6.07 Å². The Bertz CT molecular complexity index is 530. The topological polar surface area (TPSA) is 38.8 Å². The lowest BCUT2D eigenvalue weighted by Crippen LogP contribution is -2.47. The summed E-state index contributed by atoms with van der Waals surface area (Å²) >= 11 is 1.66. The van der Waals surface area contributed by atoms with Crippen LogP contribution in [0.4, 0.5) is 0 Å². The second-order valence-electron chi connectivity index (χ2n) is 5.58.